The number of nitrogens with two attached hydrogens (primary N) is 2. The molecule has 0 radical (unpaired) electrons. The molecule has 1 saturated carbocycles. The Morgan fingerprint density at radius 1 is 0.976 bits per heavy atom. The summed E-state index contributed by atoms with van der Waals surface area (Å²) >= 11 is 0. The zero-order valence-electron chi connectivity index (χ0n) is 22.0. The van der Waals surface area contributed by atoms with Crippen molar-refractivity contribution in [3.8, 4) is 0 Å². The van der Waals surface area contributed by atoms with E-state index in [0.29, 0.717) is 29.3 Å². The van der Waals surface area contributed by atoms with Gasteiger partial charge in [-0.15, -0.1) is 5.10 Å². The van der Waals surface area contributed by atoms with Gasteiger partial charge in [0.1, 0.15) is 5.82 Å². The Labute approximate surface area is 237 Å². The first-order valence-corrected chi connectivity index (χ1v) is 13.0. The van der Waals surface area contributed by atoms with E-state index in [2.05, 4.69) is 15.7 Å². The zero-order chi connectivity index (χ0) is 29.6. The van der Waals surface area contributed by atoms with Gasteiger partial charge in [-0.2, -0.15) is 13.2 Å². The van der Waals surface area contributed by atoms with E-state index in [1.54, 1.807) is 24.3 Å². The van der Waals surface area contributed by atoms with Crippen molar-refractivity contribution in [2.45, 2.75) is 50.7 Å². The number of nitrogens with zero attached hydrogens (tertiary/aromatic N) is 2. The van der Waals surface area contributed by atoms with Gasteiger partial charge in [0.15, 0.2) is 0 Å². The highest BCUT2D eigenvalue weighted by atomic mass is 19.4. The number of guanidine groups is 1. The number of rotatable bonds is 6. The van der Waals surface area contributed by atoms with E-state index in [1.807, 2.05) is 12.1 Å². The smallest absolute Gasteiger partial charge is 0.368 e. The van der Waals surface area contributed by atoms with Gasteiger partial charge in [-0.25, -0.2) is 9.18 Å². The predicted molar refractivity (Wildman–Crippen MR) is 153 cm³/mol. The fourth-order valence-corrected chi connectivity index (χ4v) is 4.82. The molecule has 0 aliphatic heterocycles. The van der Waals surface area contributed by atoms with Crippen molar-refractivity contribution in [3.05, 3.63) is 94.8 Å². The molecule has 0 unspecified atom stereocenters. The molecule has 0 aromatic heterocycles. The minimum Gasteiger partial charge on any atom is -0.368 e. The van der Waals surface area contributed by atoms with Crippen molar-refractivity contribution < 1.29 is 30.0 Å². The molecule has 0 heterocycles. The number of alkyl halides is 3. The molecule has 220 valence electrons. The number of carbonyl (C=O) groups is 2. The van der Waals surface area contributed by atoms with Gasteiger partial charge in [0.2, 0.25) is 5.96 Å². The van der Waals surface area contributed by atoms with Gasteiger partial charge in [-0.1, -0.05) is 43.5 Å². The summed E-state index contributed by atoms with van der Waals surface area (Å²) in [5.41, 5.74) is 6.39. The Morgan fingerprint density at radius 3 is 2.24 bits per heavy atom. The Bertz CT molecular complexity index is 1410. The van der Waals surface area contributed by atoms with Crippen LogP contribution in [-0.2, 0) is 12.7 Å². The molecule has 3 amide bonds. The topological polar surface area (TPSA) is 126 Å². The van der Waals surface area contributed by atoms with E-state index in [0.717, 1.165) is 37.3 Å². The summed E-state index contributed by atoms with van der Waals surface area (Å²) in [6, 6.07) is 14.8. The normalized spacial score (nSPS) is 14.4. The van der Waals surface area contributed by atoms with Crippen molar-refractivity contribution in [2.24, 2.45) is 16.7 Å². The third-order valence-corrected chi connectivity index (χ3v) is 6.94. The van der Waals surface area contributed by atoms with E-state index < -0.39 is 29.5 Å². The molecular weight excluding hydrogens is 540 g/mol. The third kappa shape index (κ3) is 7.74. The molecule has 41 heavy (non-hydrogen) atoms. The maximum Gasteiger partial charge on any atom is 0.416 e. The Hall–Kier alpha value is -4.61. The lowest BCUT2D eigenvalue weighted by Gasteiger charge is -2.26. The molecule has 0 bridgehead atoms. The van der Waals surface area contributed by atoms with Gasteiger partial charge in [0, 0.05) is 19.8 Å². The molecule has 4 rings (SSSR count). The Kier molecular flexibility index (Phi) is 9.10. The van der Waals surface area contributed by atoms with E-state index in [1.165, 1.54) is 23.5 Å². The average molecular weight is 575 g/mol. The van der Waals surface area contributed by atoms with Crippen LogP contribution in [0.25, 0.3) is 0 Å². The highest BCUT2D eigenvalue weighted by Crippen LogP contribution is 2.34. The fraction of sp³-hybridized carbons (Fsp3) is 0.276. The molecule has 1 fully saturated rings. The fourth-order valence-electron chi connectivity index (χ4n) is 4.82. The van der Waals surface area contributed by atoms with Crippen LogP contribution in [0.15, 0.2) is 71.8 Å². The lowest BCUT2D eigenvalue weighted by Crippen LogP contribution is -2.37. The number of urea groups is 1. The first-order chi connectivity index (χ1) is 19.5. The highest BCUT2D eigenvalue weighted by molar-refractivity contribution is 6.05. The van der Waals surface area contributed by atoms with Crippen molar-refractivity contribution in [3.63, 3.8) is 0 Å². The number of hydrogen-bond donors (Lipinski definition) is 4. The Morgan fingerprint density at radius 2 is 1.63 bits per heavy atom. The van der Waals surface area contributed by atoms with Gasteiger partial charge in [0.05, 0.1) is 12.1 Å². The summed E-state index contributed by atoms with van der Waals surface area (Å²) < 4.78 is 53.7. The van der Waals surface area contributed by atoms with Crippen LogP contribution in [0, 0.1) is 5.82 Å². The lowest BCUT2D eigenvalue weighted by atomic mass is 9.84. The van der Waals surface area contributed by atoms with Crippen LogP contribution in [0.2, 0.25) is 0 Å². The summed E-state index contributed by atoms with van der Waals surface area (Å²) in [6.45, 7) is 0.00431. The SMILES string of the molecule is N/N=C(\N)NC(=O)c1ccc(CN(C(=O)Nc2cc(F)cc(C(F)(F)F)c2)c2ccc(C3CCCCC3)cc2)cc1.[HH].[HH]. The number of carbonyl (C=O) groups excluding carboxylic acids is 2. The van der Waals surface area contributed by atoms with Crippen molar-refractivity contribution >= 4 is 29.3 Å². The van der Waals surface area contributed by atoms with E-state index in [4.69, 9.17) is 11.6 Å². The van der Waals surface area contributed by atoms with E-state index in [-0.39, 0.29) is 26.6 Å². The summed E-state index contributed by atoms with van der Waals surface area (Å²) in [5.74, 6) is 3.54. The molecule has 1 aliphatic carbocycles. The van der Waals surface area contributed by atoms with Crippen LogP contribution in [-0.4, -0.2) is 17.9 Å². The van der Waals surface area contributed by atoms with Gasteiger partial charge in [-0.3, -0.25) is 15.0 Å². The lowest BCUT2D eigenvalue weighted by molar-refractivity contribution is -0.137. The molecule has 1 aliphatic rings. The number of halogens is 4. The van der Waals surface area contributed by atoms with E-state index in [9.17, 15) is 27.2 Å². The quantitative estimate of drug-likeness (QED) is 0.0877. The van der Waals surface area contributed by atoms with Gasteiger partial charge in [-0.05, 0) is 72.4 Å². The first kappa shape index (κ1) is 29.4. The second-order valence-corrected chi connectivity index (χ2v) is 9.83. The molecule has 0 spiro atoms. The predicted octanol–water partition coefficient (Wildman–Crippen LogP) is 6.54. The van der Waals surface area contributed by atoms with Crippen LogP contribution >= 0.6 is 0 Å². The molecule has 3 aromatic carbocycles. The molecular formula is C29H34F4N6O2. The molecule has 8 nitrogen and oxygen atoms in total. The summed E-state index contributed by atoms with van der Waals surface area (Å²) in [6.07, 6.45) is 0.932. The van der Waals surface area contributed by atoms with Gasteiger partial charge < -0.3 is 16.9 Å². The van der Waals surface area contributed by atoms with Crippen LogP contribution in [0.3, 0.4) is 0 Å². The zero-order valence-corrected chi connectivity index (χ0v) is 22.0. The standard InChI is InChI=1S/C29H30F4N6O2.2H2/c30-23-14-22(29(31,32)33)15-24(16-23)36-28(41)39(25-12-10-20(11-13-25)19-4-2-1-3-5-19)17-18-6-8-21(9-7-18)26(40)37-27(34)38-35;;/h6-16,19H,1-5,17,35H2,(H,36,41)(H3,34,37,38,40);2*1H. The highest BCUT2D eigenvalue weighted by Gasteiger charge is 2.32. The van der Waals surface area contributed by atoms with E-state index >= 15 is 0 Å². The second kappa shape index (κ2) is 12.7. The summed E-state index contributed by atoms with van der Waals surface area (Å²) in [4.78, 5) is 27.0. The van der Waals surface area contributed by atoms with Crippen LogP contribution < -0.4 is 27.1 Å². The summed E-state index contributed by atoms with van der Waals surface area (Å²) in [7, 11) is 0. The molecule has 3 aromatic rings. The molecule has 6 N–H and O–H groups in total. The number of benzene rings is 3. The molecule has 0 atom stereocenters. The minimum absolute atomic E-state index is 0. The first-order valence-electron chi connectivity index (χ1n) is 13.0. The van der Waals surface area contributed by atoms with Crippen molar-refractivity contribution in [2.75, 3.05) is 10.2 Å². The Balaban J connectivity index is 0.00000323. The van der Waals surface area contributed by atoms with Crippen LogP contribution in [0.4, 0.5) is 33.7 Å². The number of amides is 3. The maximum absolute atomic E-state index is 14.0. The number of nitrogens with one attached hydrogen (secondary N) is 2. The van der Waals surface area contributed by atoms with Gasteiger partial charge in [0.25, 0.3) is 5.91 Å². The maximum atomic E-state index is 14.0. The number of hydrazone groups is 1. The largest absolute Gasteiger partial charge is 0.416 e. The average Bonchev–Trinajstić information content (AvgIpc) is 2.96. The minimum atomic E-state index is -4.79. The second-order valence-electron chi connectivity index (χ2n) is 9.83. The number of hydrogen-bond acceptors (Lipinski definition) is 4. The number of anilines is 2. The van der Waals surface area contributed by atoms with Crippen molar-refractivity contribution in [1.82, 2.24) is 5.32 Å². The molecule has 0 saturated heterocycles. The monoisotopic (exact) mass is 574 g/mol. The van der Waals surface area contributed by atoms with Gasteiger partial charge >= 0.3 is 12.2 Å². The van der Waals surface area contributed by atoms with Crippen LogP contribution in [0.1, 0.15) is 67.9 Å². The molecule has 12 heteroatoms. The summed E-state index contributed by atoms with van der Waals surface area (Å²) in [5, 5.41) is 7.89. The van der Waals surface area contributed by atoms with Crippen molar-refractivity contribution in [1.29, 1.82) is 0 Å². The third-order valence-electron chi connectivity index (χ3n) is 6.94. The van der Waals surface area contributed by atoms with Crippen LogP contribution in [0.5, 0.6) is 0 Å².